The van der Waals surface area contributed by atoms with Gasteiger partial charge in [-0.3, -0.25) is 9.59 Å². The fourth-order valence-electron chi connectivity index (χ4n) is 4.05. The first kappa shape index (κ1) is 17.6. The first-order valence-electron chi connectivity index (χ1n) is 9.86. The molecule has 7 heteroatoms. The number of aromatic nitrogens is 3. The van der Waals surface area contributed by atoms with Gasteiger partial charge in [0, 0.05) is 30.6 Å². The summed E-state index contributed by atoms with van der Waals surface area (Å²) >= 11 is 0. The minimum atomic E-state index is -0.255. The third-order valence-corrected chi connectivity index (χ3v) is 5.58. The lowest BCUT2D eigenvalue weighted by Gasteiger charge is -2.22. The number of fused-ring (bicyclic) bond motifs is 2. The molecule has 0 saturated heterocycles. The van der Waals surface area contributed by atoms with Crippen LogP contribution in [0.4, 0.5) is 0 Å². The van der Waals surface area contributed by atoms with Gasteiger partial charge in [-0.15, -0.1) is 0 Å². The van der Waals surface area contributed by atoms with Gasteiger partial charge in [-0.1, -0.05) is 48.5 Å². The zero-order chi connectivity index (χ0) is 19.8. The van der Waals surface area contributed by atoms with Crippen molar-refractivity contribution in [2.75, 3.05) is 13.1 Å². The van der Waals surface area contributed by atoms with E-state index in [1.54, 1.807) is 6.07 Å². The normalized spacial score (nSPS) is 18.0. The van der Waals surface area contributed by atoms with Crippen LogP contribution in [0.3, 0.4) is 0 Å². The lowest BCUT2D eigenvalue weighted by Crippen LogP contribution is -2.36. The van der Waals surface area contributed by atoms with Crippen LogP contribution in [0.15, 0.2) is 54.6 Å². The molecule has 3 aromatic rings. The lowest BCUT2D eigenvalue weighted by atomic mass is 10.0. The molecule has 0 bridgehead atoms. The van der Waals surface area contributed by atoms with Crippen molar-refractivity contribution >= 4 is 11.8 Å². The van der Waals surface area contributed by atoms with Crippen LogP contribution in [0.5, 0.6) is 0 Å². The van der Waals surface area contributed by atoms with Crippen LogP contribution in [-0.2, 0) is 17.8 Å². The number of benzene rings is 2. The standard InChI is InChI=1S/C22H21N5O2/c28-20(14-18-16-8-4-5-9-17(16)22(29)23-18)26-11-10-19-24-21(25-27(19)13-12-26)15-6-2-1-3-7-15/h1-9,18H,10-14H2,(H,23,29). The van der Waals surface area contributed by atoms with Crippen LogP contribution in [-0.4, -0.2) is 44.6 Å². The van der Waals surface area contributed by atoms with Gasteiger partial charge >= 0.3 is 0 Å². The number of hydrogen-bond donors (Lipinski definition) is 1. The van der Waals surface area contributed by atoms with Crippen LogP contribution in [0.25, 0.3) is 11.4 Å². The first-order chi connectivity index (χ1) is 14.2. The van der Waals surface area contributed by atoms with Gasteiger partial charge in [-0.25, -0.2) is 9.67 Å². The third kappa shape index (κ3) is 3.29. The lowest BCUT2D eigenvalue weighted by molar-refractivity contribution is -0.131. The third-order valence-electron chi connectivity index (χ3n) is 5.58. The summed E-state index contributed by atoms with van der Waals surface area (Å²) in [5, 5.41) is 7.55. The second-order valence-electron chi connectivity index (χ2n) is 7.39. The summed E-state index contributed by atoms with van der Waals surface area (Å²) in [7, 11) is 0. The second-order valence-corrected chi connectivity index (χ2v) is 7.39. The monoisotopic (exact) mass is 387 g/mol. The molecule has 0 aliphatic carbocycles. The van der Waals surface area contributed by atoms with Crippen LogP contribution in [0, 0.1) is 0 Å². The summed E-state index contributed by atoms with van der Waals surface area (Å²) in [6, 6.07) is 17.1. The van der Waals surface area contributed by atoms with Crippen LogP contribution < -0.4 is 5.32 Å². The van der Waals surface area contributed by atoms with E-state index in [1.165, 1.54) is 0 Å². The van der Waals surface area contributed by atoms with Crippen molar-refractivity contribution in [3.63, 3.8) is 0 Å². The van der Waals surface area contributed by atoms with E-state index in [4.69, 9.17) is 0 Å². The summed E-state index contributed by atoms with van der Waals surface area (Å²) in [5.74, 6) is 1.57. The number of nitrogens with one attached hydrogen (secondary N) is 1. The van der Waals surface area contributed by atoms with Crippen LogP contribution in [0.2, 0.25) is 0 Å². The fourth-order valence-corrected chi connectivity index (χ4v) is 4.05. The Kier molecular flexibility index (Phi) is 4.35. The Balaban J connectivity index is 1.26. The van der Waals surface area contributed by atoms with Crippen LogP contribution >= 0.6 is 0 Å². The Hall–Kier alpha value is -3.48. The smallest absolute Gasteiger partial charge is 0.252 e. The van der Waals surface area contributed by atoms with Crippen molar-refractivity contribution < 1.29 is 9.59 Å². The van der Waals surface area contributed by atoms with E-state index in [0.29, 0.717) is 31.6 Å². The highest BCUT2D eigenvalue weighted by Crippen LogP contribution is 2.28. The molecule has 3 heterocycles. The number of hydrogen-bond acceptors (Lipinski definition) is 4. The summed E-state index contributed by atoms with van der Waals surface area (Å²) in [4.78, 5) is 31.5. The Labute approximate surface area is 168 Å². The maximum absolute atomic E-state index is 12.9. The molecule has 1 atom stereocenters. The van der Waals surface area contributed by atoms with Gasteiger partial charge in [0.25, 0.3) is 5.91 Å². The van der Waals surface area contributed by atoms with E-state index in [2.05, 4.69) is 15.4 Å². The molecule has 146 valence electrons. The molecule has 2 aliphatic heterocycles. The minimum Gasteiger partial charge on any atom is -0.345 e. The van der Waals surface area contributed by atoms with Gasteiger partial charge in [0.2, 0.25) is 5.91 Å². The highest BCUT2D eigenvalue weighted by Gasteiger charge is 2.31. The summed E-state index contributed by atoms with van der Waals surface area (Å²) in [6.07, 6.45) is 0.937. The van der Waals surface area contributed by atoms with E-state index in [9.17, 15) is 9.59 Å². The topological polar surface area (TPSA) is 80.1 Å². The predicted molar refractivity (Wildman–Crippen MR) is 107 cm³/mol. The first-order valence-corrected chi connectivity index (χ1v) is 9.86. The van der Waals surface area contributed by atoms with Crippen molar-refractivity contribution in [3.8, 4) is 11.4 Å². The molecule has 5 rings (SSSR count). The summed E-state index contributed by atoms with van der Waals surface area (Å²) in [5.41, 5.74) is 2.57. The number of nitrogens with zero attached hydrogens (tertiary/aromatic N) is 4. The zero-order valence-corrected chi connectivity index (χ0v) is 15.9. The van der Waals surface area contributed by atoms with Gasteiger partial charge in [0.1, 0.15) is 5.82 Å². The highest BCUT2D eigenvalue weighted by molar-refractivity contribution is 5.99. The Bertz CT molecular complexity index is 1050. The second kappa shape index (κ2) is 7.16. The van der Waals surface area contributed by atoms with Crippen molar-refractivity contribution in [1.29, 1.82) is 0 Å². The van der Waals surface area contributed by atoms with E-state index in [-0.39, 0.29) is 24.3 Å². The van der Waals surface area contributed by atoms with E-state index in [1.807, 2.05) is 58.1 Å². The summed E-state index contributed by atoms with van der Waals surface area (Å²) < 4.78 is 1.91. The molecule has 1 aromatic heterocycles. The molecular weight excluding hydrogens is 366 g/mol. The molecule has 29 heavy (non-hydrogen) atoms. The number of carbonyl (C=O) groups is 2. The van der Waals surface area contributed by atoms with E-state index >= 15 is 0 Å². The van der Waals surface area contributed by atoms with Crippen LogP contribution in [0.1, 0.15) is 34.2 Å². The van der Waals surface area contributed by atoms with E-state index < -0.39 is 0 Å². The highest BCUT2D eigenvalue weighted by atomic mass is 16.2. The van der Waals surface area contributed by atoms with Gasteiger partial charge in [0.15, 0.2) is 5.82 Å². The SMILES string of the molecule is O=C1NC(CC(=O)N2CCc3nc(-c4ccccc4)nn3CC2)c2ccccc21. The van der Waals surface area contributed by atoms with E-state index in [0.717, 1.165) is 22.8 Å². The molecule has 0 radical (unpaired) electrons. The molecule has 0 saturated carbocycles. The number of carbonyl (C=O) groups excluding carboxylic acids is 2. The maximum Gasteiger partial charge on any atom is 0.252 e. The quantitative estimate of drug-likeness (QED) is 0.747. The molecule has 7 nitrogen and oxygen atoms in total. The predicted octanol–water partition coefficient (Wildman–Crippen LogP) is 2.20. The molecule has 0 fully saturated rings. The molecular formula is C22H21N5O2. The number of rotatable bonds is 3. The minimum absolute atomic E-state index is 0.0426. The Morgan fingerprint density at radius 2 is 1.83 bits per heavy atom. The van der Waals surface area contributed by atoms with Crippen molar-refractivity contribution in [1.82, 2.24) is 25.0 Å². The molecule has 2 amide bonds. The molecule has 2 aliphatic rings. The average molecular weight is 387 g/mol. The molecule has 1 N–H and O–H groups in total. The average Bonchev–Trinajstić information content (AvgIpc) is 3.23. The fraction of sp³-hybridized carbons (Fsp3) is 0.273. The van der Waals surface area contributed by atoms with Gasteiger partial charge < -0.3 is 10.2 Å². The van der Waals surface area contributed by atoms with Crippen molar-refractivity contribution in [2.45, 2.75) is 25.4 Å². The van der Waals surface area contributed by atoms with Gasteiger partial charge in [-0.05, 0) is 11.6 Å². The van der Waals surface area contributed by atoms with Gasteiger partial charge in [-0.2, -0.15) is 5.10 Å². The largest absolute Gasteiger partial charge is 0.345 e. The molecule has 0 spiro atoms. The van der Waals surface area contributed by atoms with Crippen molar-refractivity contribution in [2.24, 2.45) is 0 Å². The van der Waals surface area contributed by atoms with Gasteiger partial charge in [0.05, 0.1) is 19.0 Å². The Morgan fingerprint density at radius 3 is 2.69 bits per heavy atom. The Morgan fingerprint density at radius 1 is 1.03 bits per heavy atom. The van der Waals surface area contributed by atoms with Crippen molar-refractivity contribution in [3.05, 3.63) is 71.5 Å². The molecule has 1 unspecified atom stereocenters. The zero-order valence-electron chi connectivity index (χ0n) is 15.9. The summed E-state index contributed by atoms with van der Waals surface area (Å²) in [6.45, 7) is 1.81. The maximum atomic E-state index is 12.9. The number of amides is 2. The molecule has 2 aromatic carbocycles.